The lowest BCUT2D eigenvalue weighted by atomic mass is 9.84. The summed E-state index contributed by atoms with van der Waals surface area (Å²) < 4.78 is 24.2. The highest BCUT2D eigenvalue weighted by atomic mass is 19.3. The van der Waals surface area contributed by atoms with Gasteiger partial charge in [-0.1, -0.05) is 12.1 Å². The second-order valence-corrected chi connectivity index (χ2v) is 3.75. The fraction of sp³-hybridized carbons (Fsp3) is 0.778. The zero-order chi connectivity index (χ0) is 12.9. The molecule has 94 valence electrons. The summed E-state index contributed by atoms with van der Waals surface area (Å²) in [5.74, 6) is -0.869. The van der Waals surface area contributed by atoms with Gasteiger partial charge in [0.2, 0.25) is 5.91 Å². The molecule has 0 saturated heterocycles. The molecule has 0 saturated carbocycles. The first-order chi connectivity index (χ1) is 7.29. The van der Waals surface area contributed by atoms with Gasteiger partial charge in [-0.05, 0) is 13.3 Å². The Morgan fingerprint density at radius 1 is 1.62 bits per heavy atom. The van der Waals surface area contributed by atoms with Gasteiger partial charge in [-0.15, -0.1) is 0 Å². The summed E-state index contributed by atoms with van der Waals surface area (Å²) in [6, 6.07) is 0. The maximum atomic E-state index is 12.1. The molecular weight excluding hydrogens is 220 g/mol. The molecule has 0 fully saturated rings. The van der Waals surface area contributed by atoms with Crippen molar-refractivity contribution in [2.45, 2.75) is 26.7 Å². The van der Waals surface area contributed by atoms with Crippen LogP contribution in [-0.2, 0) is 4.79 Å². The summed E-state index contributed by atoms with van der Waals surface area (Å²) in [5, 5.41) is 11.3. The van der Waals surface area contributed by atoms with E-state index in [1.807, 2.05) is 0 Å². The average Bonchev–Trinajstić information content (AvgIpc) is 2.24. The SMILES string of the molecule is CCC(C)(C(=O)N(C)CC(F)F)C(N)=NO. The number of hydrogen-bond donors (Lipinski definition) is 2. The number of amides is 1. The summed E-state index contributed by atoms with van der Waals surface area (Å²) >= 11 is 0. The van der Waals surface area contributed by atoms with E-state index in [9.17, 15) is 13.6 Å². The van der Waals surface area contributed by atoms with Crippen molar-refractivity contribution in [1.82, 2.24) is 4.90 Å². The zero-order valence-corrected chi connectivity index (χ0v) is 9.57. The summed E-state index contributed by atoms with van der Waals surface area (Å²) in [6.07, 6.45) is -2.35. The van der Waals surface area contributed by atoms with Crippen LogP contribution in [0.2, 0.25) is 0 Å². The molecule has 0 rings (SSSR count). The van der Waals surface area contributed by atoms with E-state index in [1.54, 1.807) is 6.92 Å². The van der Waals surface area contributed by atoms with Crippen molar-refractivity contribution in [2.24, 2.45) is 16.3 Å². The molecule has 0 aromatic heterocycles. The van der Waals surface area contributed by atoms with Crippen LogP contribution >= 0.6 is 0 Å². The van der Waals surface area contributed by atoms with Gasteiger partial charge in [-0.3, -0.25) is 4.79 Å². The minimum atomic E-state index is -2.61. The Labute approximate surface area is 92.9 Å². The lowest BCUT2D eigenvalue weighted by molar-refractivity contribution is -0.138. The molecule has 0 aromatic rings. The number of hydrogen-bond acceptors (Lipinski definition) is 3. The minimum Gasteiger partial charge on any atom is -0.409 e. The second-order valence-electron chi connectivity index (χ2n) is 3.75. The van der Waals surface area contributed by atoms with Crippen LogP contribution in [0.5, 0.6) is 0 Å². The van der Waals surface area contributed by atoms with Crippen LogP contribution in [0.15, 0.2) is 5.16 Å². The van der Waals surface area contributed by atoms with Crippen molar-refractivity contribution in [2.75, 3.05) is 13.6 Å². The van der Waals surface area contributed by atoms with E-state index in [0.29, 0.717) is 0 Å². The van der Waals surface area contributed by atoms with Crippen LogP contribution in [0.4, 0.5) is 8.78 Å². The van der Waals surface area contributed by atoms with Gasteiger partial charge in [0.1, 0.15) is 5.41 Å². The first kappa shape index (κ1) is 14.6. The van der Waals surface area contributed by atoms with E-state index in [1.165, 1.54) is 14.0 Å². The molecule has 3 N–H and O–H groups in total. The zero-order valence-electron chi connectivity index (χ0n) is 9.57. The summed E-state index contributed by atoms with van der Waals surface area (Å²) in [7, 11) is 1.26. The molecule has 16 heavy (non-hydrogen) atoms. The van der Waals surface area contributed by atoms with Crippen LogP contribution in [0.3, 0.4) is 0 Å². The van der Waals surface area contributed by atoms with E-state index in [-0.39, 0.29) is 12.3 Å². The third-order valence-electron chi connectivity index (χ3n) is 2.61. The number of nitrogens with two attached hydrogens (primary N) is 1. The maximum absolute atomic E-state index is 12.1. The Kier molecular flexibility index (Phi) is 5.13. The van der Waals surface area contributed by atoms with Gasteiger partial charge < -0.3 is 15.8 Å². The summed E-state index contributed by atoms with van der Waals surface area (Å²) in [4.78, 5) is 12.7. The normalized spacial score (nSPS) is 16.0. The smallest absolute Gasteiger partial charge is 0.255 e. The third kappa shape index (κ3) is 3.04. The topological polar surface area (TPSA) is 78.9 Å². The van der Waals surface area contributed by atoms with Gasteiger partial charge in [0.25, 0.3) is 6.43 Å². The molecule has 0 spiro atoms. The highest BCUT2D eigenvalue weighted by molar-refractivity contribution is 6.06. The highest BCUT2D eigenvalue weighted by Gasteiger charge is 2.38. The number of rotatable bonds is 5. The van der Waals surface area contributed by atoms with E-state index < -0.39 is 24.3 Å². The molecule has 0 bridgehead atoms. The Hall–Kier alpha value is -1.40. The fourth-order valence-corrected chi connectivity index (χ4v) is 1.26. The number of alkyl halides is 2. The molecule has 0 aliphatic heterocycles. The number of carbonyl (C=O) groups is 1. The van der Waals surface area contributed by atoms with Crippen LogP contribution in [0, 0.1) is 5.41 Å². The fourth-order valence-electron chi connectivity index (χ4n) is 1.26. The van der Waals surface area contributed by atoms with Crippen molar-refractivity contribution in [3.05, 3.63) is 0 Å². The van der Waals surface area contributed by atoms with Crippen LogP contribution in [0.25, 0.3) is 0 Å². The standard InChI is InChI=1S/C9H17F2N3O2/c1-4-9(2,7(12)13-16)8(15)14(3)5-6(10)11/h6,16H,4-5H2,1-3H3,(H2,12,13). The van der Waals surface area contributed by atoms with Crippen molar-refractivity contribution in [1.29, 1.82) is 0 Å². The van der Waals surface area contributed by atoms with Gasteiger partial charge in [0.15, 0.2) is 5.84 Å². The van der Waals surface area contributed by atoms with Gasteiger partial charge in [0.05, 0.1) is 6.54 Å². The van der Waals surface area contributed by atoms with E-state index in [4.69, 9.17) is 10.9 Å². The molecule has 1 atom stereocenters. The number of carbonyl (C=O) groups excluding carboxylic acids is 1. The number of halogens is 2. The Balaban J connectivity index is 4.91. The average molecular weight is 237 g/mol. The maximum Gasteiger partial charge on any atom is 0.255 e. The number of oxime groups is 1. The predicted molar refractivity (Wildman–Crippen MR) is 55.4 cm³/mol. The van der Waals surface area contributed by atoms with Crippen LogP contribution in [-0.4, -0.2) is 41.9 Å². The Morgan fingerprint density at radius 3 is 2.44 bits per heavy atom. The first-order valence-corrected chi connectivity index (χ1v) is 4.81. The summed E-state index contributed by atoms with van der Waals surface area (Å²) in [6.45, 7) is 2.44. The van der Waals surface area contributed by atoms with E-state index >= 15 is 0 Å². The quantitative estimate of drug-likeness (QED) is 0.322. The number of nitrogens with zero attached hydrogens (tertiary/aromatic N) is 2. The van der Waals surface area contributed by atoms with Crippen molar-refractivity contribution in [3.63, 3.8) is 0 Å². The molecule has 0 radical (unpaired) electrons. The van der Waals surface area contributed by atoms with Crippen molar-refractivity contribution >= 4 is 11.7 Å². The second kappa shape index (κ2) is 5.62. The lowest BCUT2D eigenvalue weighted by Gasteiger charge is -2.30. The Morgan fingerprint density at radius 2 is 2.12 bits per heavy atom. The van der Waals surface area contributed by atoms with E-state index in [2.05, 4.69) is 5.16 Å². The molecule has 0 aliphatic carbocycles. The molecule has 1 amide bonds. The van der Waals surface area contributed by atoms with Crippen molar-refractivity contribution in [3.8, 4) is 0 Å². The van der Waals surface area contributed by atoms with Gasteiger partial charge in [-0.2, -0.15) is 0 Å². The van der Waals surface area contributed by atoms with Crippen molar-refractivity contribution < 1.29 is 18.8 Å². The van der Waals surface area contributed by atoms with Crippen LogP contribution < -0.4 is 5.73 Å². The third-order valence-corrected chi connectivity index (χ3v) is 2.61. The molecule has 0 aromatic carbocycles. The lowest BCUT2D eigenvalue weighted by Crippen LogP contribution is -2.49. The van der Waals surface area contributed by atoms with Gasteiger partial charge >= 0.3 is 0 Å². The number of amidine groups is 1. The largest absolute Gasteiger partial charge is 0.409 e. The minimum absolute atomic E-state index is 0.259. The first-order valence-electron chi connectivity index (χ1n) is 4.81. The van der Waals surface area contributed by atoms with E-state index in [0.717, 1.165) is 4.90 Å². The van der Waals surface area contributed by atoms with Crippen LogP contribution in [0.1, 0.15) is 20.3 Å². The molecule has 0 aliphatic rings. The molecule has 1 unspecified atom stereocenters. The highest BCUT2D eigenvalue weighted by Crippen LogP contribution is 2.24. The molecular formula is C9H17F2N3O2. The molecule has 7 heteroatoms. The van der Waals surface area contributed by atoms with Gasteiger partial charge in [0, 0.05) is 7.05 Å². The Bertz CT molecular complexity index is 284. The predicted octanol–water partition coefficient (Wildman–Crippen LogP) is 0.873. The molecule has 0 heterocycles. The van der Waals surface area contributed by atoms with Gasteiger partial charge in [-0.25, -0.2) is 8.78 Å². The molecule has 5 nitrogen and oxygen atoms in total. The summed E-state index contributed by atoms with van der Waals surface area (Å²) in [5.41, 5.74) is 4.14. The monoisotopic (exact) mass is 237 g/mol.